The molecule has 1 unspecified atom stereocenters. The van der Waals surface area contributed by atoms with Gasteiger partial charge in [-0.2, -0.15) is 0 Å². The van der Waals surface area contributed by atoms with Crippen LogP contribution in [0.2, 0.25) is 0 Å². The molecular weight excluding hydrogens is 765 g/mol. The Morgan fingerprint density at radius 3 is 1.19 bits per heavy atom. The van der Waals surface area contributed by atoms with Gasteiger partial charge in [-0.05, 0) is 83.5 Å². The van der Waals surface area contributed by atoms with Crippen LogP contribution in [-0.4, -0.2) is 37.9 Å². The molecule has 5 heteroatoms. The molecule has 62 heavy (non-hydrogen) atoms. The van der Waals surface area contributed by atoms with Gasteiger partial charge in [-0.3, -0.25) is 9.59 Å². The van der Waals surface area contributed by atoms with Crippen molar-refractivity contribution in [2.45, 2.75) is 271 Å². The van der Waals surface area contributed by atoms with Gasteiger partial charge in [-0.25, -0.2) is 0 Å². The van der Waals surface area contributed by atoms with Crippen molar-refractivity contribution < 1.29 is 23.8 Å². The minimum atomic E-state index is -0.547. The zero-order chi connectivity index (χ0) is 44.9. The van der Waals surface area contributed by atoms with E-state index < -0.39 is 6.10 Å². The van der Waals surface area contributed by atoms with Crippen LogP contribution >= 0.6 is 0 Å². The molecule has 0 heterocycles. The van der Waals surface area contributed by atoms with Gasteiger partial charge in [0.25, 0.3) is 0 Å². The number of hydrogen-bond donors (Lipinski definition) is 0. The summed E-state index contributed by atoms with van der Waals surface area (Å²) in [7, 11) is 0. The second-order valence-electron chi connectivity index (χ2n) is 17.8. The van der Waals surface area contributed by atoms with Crippen LogP contribution in [0.4, 0.5) is 0 Å². The molecule has 0 aliphatic rings. The Balaban J connectivity index is 4.30. The summed E-state index contributed by atoms with van der Waals surface area (Å²) in [6.45, 7) is 7.68. The lowest BCUT2D eigenvalue weighted by molar-refractivity contribution is -0.163. The van der Waals surface area contributed by atoms with Crippen LogP contribution in [0.3, 0.4) is 0 Å². The van der Waals surface area contributed by atoms with E-state index in [0.717, 1.165) is 77.0 Å². The smallest absolute Gasteiger partial charge is 0.306 e. The highest BCUT2D eigenvalue weighted by Crippen LogP contribution is 2.15. The fraction of sp³-hybridized carbons (Fsp3) is 0.789. The number of unbranched alkanes of at least 4 members (excludes halogenated alkanes) is 28. The molecule has 360 valence electrons. The molecule has 0 saturated carbocycles. The van der Waals surface area contributed by atoms with Crippen molar-refractivity contribution in [3.63, 3.8) is 0 Å². The van der Waals surface area contributed by atoms with E-state index in [1.807, 2.05) is 0 Å². The lowest BCUT2D eigenvalue weighted by Crippen LogP contribution is -2.30. The van der Waals surface area contributed by atoms with E-state index in [4.69, 9.17) is 14.2 Å². The third-order valence-corrected chi connectivity index (χ3v) is 11.5. The molecule has 0 spiro atoms. The Labute approximate surface area is 385 Å². The van der Waals surface area contributed by atoms with Crippen LogP contribution in [0, 0.1) is 0 Å². The third-order valence-electron chi connectivity index (χ3n) is 11.5. The molecule has 0 aliphatic carbocycles. The van der Waals surface area contributed by atoms with Crippen LogP contribution in [0.1, 0.15) is 265 Å². The summed E-state index contributed by atoms with van der Waals surface area (Å²) < 4.78 is 17.4. The van der Waals surface area contributed by atoms with Crippen LogP contribution in [0.25, 0.3) is 0 Å². The van der Waals surface area contributed by atoms with E-state index in [-0.39, 0.29) is 25.2 Å². The van der Waals surface area contributed by atoms with Crippen molar-refractivity contribution in [2.24, 2.45) is 0 Å². The minimum Gasteiger partial charge on any atom is -0.462 e. The van der Waals surface area contributed by atoms with Crippen molar-refractivity contribution in [3.8, 4) is 0 Å². The average molecular weight is 867 g/mol. The highest BCUT2D eigenvalue weighted by atomic mass is 16.6. The van der Waals surface area contributed by atoms with E-state index in [2.05, 4.69) is 81.5 Å². The van der Waals surface area contributed by atoms with E-state index in [0.29, 0.717) is 19.4 Å². The Morgan fingerprint density at radius 2 is 0.726 bits per heavy atom. The first-order valence-corrected chi connectivity index (χ1v) is 26.8. The van der Waals surface area contributed by atoms with Crippen LogP contribution in [-0.2, 0) is 23.8 Å². The second kappa shape index (κ2) is 52.9. The average Bonchev–Trinajstić information content (AvgIpc) is 3.27. The maximum Gasteiger partial charge on any atom is 0.306 e. The van der Waals surface area contributed by atoms with Crippen LogP contribution < -0.4 is 0 Å². The Morgan fingerprint density at radius 1 is 0.371 bits per heavy atom. The van der Waals surface area contributed by atoms with E-state index in [1.54, 1.807) is 0 Å². The summed E-state index contributed by atoms with van der Waals surface area (Å²) in [5.74, 6) is -0.413. The fourth-order valence-electron chi connectivity index (χ4n) is 7.56. The molecule has 0 radical (unpaired) electrons. The van der Waals surface area contributed by atoms with Gasteiger partial charge >= 0.3 is 11.9 Å². The van der Waals surface area contributed by atoms with Crippen molar-refractivity contribution in [2.75, 3.05) is 19.8 Å². The van der Waals surface area contributed by atoms with Crippen LogP contribution in [0.15, 0.2) is 60.8 Å². The summed E-state index contributed by atoms with van der Waals surface area (Å²) in [6.07, 6.45) is 66.6. The molecule has 0 fully saturated rings. The van der Waals surface area contributed by atoms with Crippen molar-refractivity contribution in [1.29, 1.82) is 0 Å². The summed E-state index contributed by atoms with van der Waals surface area (Å²) >= 11 is 0. The van der Waals surface area contributed by atoms with Crippen molar-refractivity contribution >= 4 is 11.9 Å². The molecule has 5 nitrogen and oxygen atoms in total. The Hall–Kier alpha value is -2.40. The number of carbonyl (C=O) groups excluding carboxylic acids is 2. The normalized spacial score (nSPS) is 12.6. The van der Waals surface area contributed by atoms with Gasteiger partial charge in [0, 0.05) is 19.4 Å². The number of allylic oxidation sites excluding steroid dienone is 10. The number of hydrogen-bond acceptors (Lipinski definition) is 5. The zero-order valence-electron chi connectivity index (χ0n) is 41.4. The van der Waals surface area contributed by atoms with Gasteiger partial charge < -0.3 is 14.2 Å². The molecule has 0 rings (SSSR count). The van der Waals surface area contributed by atoms with E-state index >= 15 is 0 Å². The van der Waals surface area contributed by atoms with Gasteiger partial charge in [0.05, 0.1) is 6.61 Å². The highest BCUT2D eigenvalue weighted by Gasteiger charge is 2.17. The number of rotatable bonds is 49. The molecule has 0 saturated heterocycles. The number of ether oxygens (including phenoxy) is 3. The topological polar surface area (TPSA) is 61.8 Å². The maximum atomic E-state index is 12.8. The molecular formula is C57H102O5. The Kier molecular flexibility index (Phi) is 50.9. The van der Waals surface area contributed by atoms with Gasteiger partial charge in [0.2, 0.25) is 0 Å². The second-order valence-corrected chi connectivity index (χ2v) is 17.8. The van der Waals surface area contributed by atoms with Crippen molar-refractivity contribution in [3.05, 3.63) is 60.8 Å². The third kappa shape index (κ3) is 50.2. The molecule has 0 aromatic heterocycles. The predicted octanol–water partition coefficient (Wildman–Crippen LogP) is 18.1. The summed E-state index contributed by atoms with van der Waals surface area (Å²) in [5.41, 5.74) is 0. The number of carbonyl (C=O) groups is 2. The fourth-order valence-corrected chi connectivity index (χ4v) is 7.56. The lowest BCUT2D eigenvalue weighted by atomic mass is 10.0. The van der Waals surface area contributed by atoms with E-state index in [1.165, 1.54) is 154 Å². The van der Waals surface area contributed by atoms with Crippen LogP contribution in [0.5, 0.6) is 0 Å². The monoisotopic (exact) mass is 867 g/mol. The molecule has 0 aliphatic heterocycles. The first kappa shape index (κ1) is 59.6. The van der Waals surface area contributed by atoms with Gasteiger partial charge in [-0.15, -0.1) is 0 Å². The van der Waals surface area contributed by atoms with Gasteiger partial charge in [0.1, 0.15) is 6.61 Å². The minimum absolute atomic E-state index is 0.0735. The first-order chi connectivity index (χ1) is 30.6. The molecule has 0 N–H and O–H groups in total. The largest absolute Gasteiger partial charge is 0.462 e. The van der Waals surface area contributed by atoms with Gasteiger partial charge in [-0.1, -0.05) is 229 Å². The lowest BCUT2D eigenvalue weighted by Gasteiger charge is -2.18. The number of esters is 2. The summed E-state index contributed by atoms with van der Waals surface area (Å²) in [6, 6.07) is 0. The van der Waals surface area contributed by atoms with E-state index in [9.17, 15) is 9.59 Å². The Bertz CT molecular complexity index is 1070. The van der Waals surface area contributed by atoms with Crippen molar-refractivity contribution in [1.82, 2.24) is 0 Å². The predicted molar refractivity (Wildman–Crippen MR) is 270 cm³/mol. The van der Waals surface area contributed by atoms with Gasteiger partial charge in [0.15, 0.2) is 6.10 Å². The zero-order valence-corrected chi connectivity index (χ0v) is 41.4. The highest BCUT2D eigenvalue weighted by molar-refractivity contribution is 5.70. The maximum absolute atomic E-state index is 12.8. The quantitative estimate of drug-likeness (QED) is 0.0346. The molecule has 0 aromatic rings. The summed E-state index contributed by atoms with van der Waals surface area (Å²) in [5, 5.41) is 0. The standard InChI is InChI=1S/C57H102O5/c1-4-7-10-13-16-19-22-25-28-31-34-37-40-43-46-49-52-60-53-55(62-57(59)51-48-45-42-39-36-33-30-27-24-21-18-15-12-9-6-3)54-61-56(58)50-47-44-41-38-35-32-29-26-23-20-17-14-11-8-5-2/h8,11,16-17,19-20,25-26,28-29,55H,4-7,9-10,12-15,18,21-24,27,30-54H2,1-3H3/b11-8-,19-16-,20-17-,28-25-,29-26-. The molecule has 0 aromatic carbocycles. The molecule has 0 bridgehead atoms. The molecule has 1 atom stereocenters. The SMILES string of the molecule is CC/C=C\C/C=C\C/C=C\CCCCCCCC(=O)OCC(COCCCCCCCC/C=C\C/C=C\CCCCC)OC(=O)CCCCCCCCCCCCCCCCC. The summed E-state index contributed by atoms with van der Waals surface area (Å²) in [4.78, 5) is 25.4. The molecule has 0 amide bonds. The first-order valence-electron chi connectivity index (χ1n) is 26.8.